The summed E-state index contributed by atoms with van der Waals surface area (Å²) < 4.78 is 18.8. The zero-order valence-electron chi connectivity index (χ0n) is 13.3. The minimum Gasteiger partial charge on any atom is -0.334 e. The van der Waals surface area contributed by atoms with Gasteiger partial charge < -0.3 is 9.51 Å². The summed E-state index contributed by atoms with van der Waals surface area (Å²) in [5.74, 6) is 0.311. The predicted octanol–water partition coefficient (Wildman–Crippen LogP) is 3.34. The maximum absolute atomic E-state index is 13.6. The molecule has 25 heavy (non-hydrogen) atoms. The smallest absolute Gasteiger partial charge is 0.263 e. The van der Waals surface area contributed by atoms with E-state index in [0.29, 0.717) is 34.4 Å². The molecular weight excluding hydrogens is 323 g/mol. The van der Waals surface area contributed by atoms with Gasteiger partial charge in [0.15, 0.2) is 5.82 Å². The van der Waals surface area contributed by atoms with E-state index in [4.69, 9.17) is 4.52 Å². The first kappa shape index (κ1) is 15.2. The number of H-pyrrole nitrogens is 1. The summed E-state index contributed by atoms with van der Waals surface area (Å²) in [5.41, 5.74) is 1.69. The number of fused-ring (bicyclic) bond motifs is 1. The van der Waals surface area contributed by atoms with Crippen molar-refractivity contribution in [1.29, 1.82) is 0 Å². The Morgan fingerprint density at radius 2 is 2.12 bits per heavy atom. The number of aromatic amines is 1. The van der Waals surface area contributed by atoms with Crippen LogP contribution in [0.1, 0.15) is 12.7 Å². The fraction of sp³-hybridized carbons (Fsp3) is 0.111. The van der Waals surface area contributed by atoms with Gasteiger partial charge in [-0.1, -0.05) is 24.2 Å². The minimum atomic E-state index is -0.356. The maximum Gasteiger partial charge on any atom is 0.263 e. The van der Waals surface area contributed by atoms with E-state index < -0.39 is 0 Å². The maximum atomic E-state index is 13.6. The fourth-order valence-electron chi connectivity index (χ4n) is 2.66. The quantitative estimate of drug-likeness (QED) is 0.620. The second-order valence-corrected chi connectivity index (χ2v) is 5.51. The molecule has 0 bridgehead atoms. The summed E-state index contributed by atoms with van der Waals surface area (Å²) in [5, 5.41) is 4.49. The summed E-state index contributed by atoms with van der Waals surface area (Å²) >= 11 is 0. The molecule has 3 aromatic heterocycles. The molecule has 0 amide bonds. The standard InChI is InChI=1S/C18H13FN4O2/c1-2-15-22-18(25-23-15)13-9-12-14(21-17(13)24)6-7-20-16(12)10-4-3-5-11(19)8-10/h3-9H,2H2,1H3,(H,21,24). The van der Waals surface area contributed by atoms with Crippen LogP contribution in [0.4, 0.5) is 4.39 Å². The van der Waals surface area contributed by atoms with Crippen molar-refractivity contribution in [3.63, 3.8) is 0 Å². The zero-order chi connectivity index (χ0) is 17.4. The van der Waals surface area contributed by atoms with Crippen molar-refractivity contribution in [1.82, 2.24) is 20.1 Å². The molecule has 0 saturated carbocycles. The van der Waals surface area contributed by atoms with Crippen molar-refractivity contribution >= 4 is 10.9 Å². The first-order valence-corrected chi connectivity index (χ1v) is 7.76. The van der Waals surface area contributed by atoms with E-state index in [1.165, 1.54) is 12.1 Å². The van der Waals surface area contributed by atoms with Gasteiger partial charge in [0, 0.05) is 23.6 Å². The largest absolute Gasteiger partial charge is 0.334 e. The number of aryl methyl sites for hydroxylation is 1. The SMILES string of the molecule is CCc1noc(-c2cc3c(-c4cccc(F)c4)nccc3[nH]c2=O)n1. The molecule has 0 radical (unpaired) electrons. The lowest BCUT2D eigenvalue weighted by Crippen LogP contribution is -2.09. The first-order valence-electron chi connectivity index (χ1n) is 7.76. The Hall–Kier alpha value is -3.35. The fourth-order valence-corrected chi connectivity index (χ4v) is 2.66. The van der Waals surface area contributed by atoms with Gasteiger partial charge >= 0.3 is 0 Å². The summed E-state index contributed by atoms with van der Waals surface area (Å²) in [6.07, 6.45) is 2.17. The van der Waals surface area contributed by atoms with E-state index in [2.05, 4.69) is 20.1 Å². The van der Waals surface area contributed by atoms with Gasteiger partial charge in [-0.25, -0.2) is 4.39 Å². The third kappa shape index (κ3) is 2.69. The Morgan fingerprint density at radius 3 is 2.88 bits per heavy atom. The molecule has 0 fully saturated rings. The zero-order valence-corrected chi connectivity index (χ0v) is 13.3. The van der Waals surface area contributed by atoms with Crippen molar-refractivity contribution in [3.05, 3.63) is 64.6 Å². The Labute approximate surface area is 141 Å². The van der Waals surface area contributed by atoms with Gasteiger partial charge in [-0.15, -0.1) is 0 Å². The molecule has 0 atom stereocenters. The topological polar surface area (TPSA) is 84.7 Å². The molecule has 4 aromatic rings. The summed E-state index contributed by atoms with van der Waals surface area (Å²) in [4.78, 5) is 23.7. The lowest BCUT2D eigenvalue weighted by atomic mass is 10.0. The van der Waals surface area contributed by atoms with Crippen molar-refractivity contribution in [3.8, 4) is 22.7 Å². The van der Waals surface area contributed by atoms with Crippen molar-refractivity contribution in [2.45, 2.75) is 13.3 Å². The molecule has 1 aromatic carbocycles. The number of nitrogens with zero attached hydrogens (tertiary/aromatic N) is 3. The van der Waals surface area contributed by atoms with Crippen LogP contribution in [0, 0.1) is 5.82 Å². The molecule has 0 aliphatic carbocycles. The molecule has 0 unspecified atom stereocenters. The van der Waals surface area contributed by atoms with E-state index in [9.17, 15) is 9.18 Å². The third-order valence-electron chi connectivity index (χ3n) is 3.88. The number of aromatic nitrogens is 4. The summed E-state index contributed by atoms with van der Waals surface area (Å²) in [6.45, 7) is 1.89. The van der Waals surface area contributed by atoms with Crippen molar-refractivity contribution < 1.29 is 8.91 Å². The normalized spacial score (nSPS) is 11.1. The number of hydrogen-bond donors (Lipinski definition) is 1. The van der Waals surface area contributed by atoms with Crippen LogP contribution in [0.25, 0.3) is 33.6 Å². The summed E-state index contributed by atoms with van der Waals surface area (Å²) in [7, 11) is 0. The van der Waals surface area contributed by atoms with Crippen molar-refractivity contribution in [2.24, 2.45) is 0 Å². The monoisotopic (exact) mass is 336 g/mol. The van der Waals surface area contributed by atoms with Crippen molar-refractivity contribution in [2.75, 3.05) is 0 Å². The lowest BCUT2D eigenvalue weighted by Gasteiger charge is -2.07. The second-order valence-electron chi connectivity index (χ2n) is 5.51. The third-order valence-corrected chi connectivity index (χ3v) is 3.88. The van der Waals surface area contributed by atoms with E-state index in [-0.39, 0.29) is 22.8 Å². The van der Waals surface area contributed by atoms with E-state index in [0.717, 1.165) is 0 Å². The molecule has 0 spiro atoms. The highest BCUT2D eigenvalue weighted by molar-refractivity contribution is 5.94. The van der Waals surface area contributed by atoms with Gasteiger partial charge in [0.05, 0.1) is 11.2 Å². The van der Waals surface area contributed by atoms with E-state index >= 15 is 0 Å². The molecule has 4 rings (SSSR count). The molecule has 3 heterocycles. The van der Waals surface area contributed by atoms with Crippen LogP contribution in [0.2, 0.25) is 0 Å². The number of pyridine rings is 2. The highest BCUT2D eigenvalue weighted by Gasteiger charge is 2.15. The first-order chi connectivity index (χ1) is 12.2. The van der Waals surface area contributed by atoms with Gasteiger partial charge in [0.1, 0.15) is 11.4 Å². The van der Waals surface area contributed by atoms with Gasteiger partial charge in [0.25, 0.3) is 11.4 Å². The molecule has 7 heteroatoms. The highest BCUT2D eigenvalue weighted by Crippen LogP contribution is 2.27. The number of hydrogen-bond acceptors (Lipinski definition) is 5. The molecule has 6 nitrogen and oxygen atoms in total. The molecule has 0 saturated heterocycles. The number of nitrogens with one attached hydrogen (secondary N) is 1. The Bertz CT molecular complexity index is 1130. The predicted molar refractivity (Wildman–Crippen MR) is 90.4 cm³/mol. The van der Waals surface area contributed by atoms with E-state index in [1.54, 1.807) is 30.5 Å². The lowest BCUT2D eigenvalue weighted by molar-refractivity contribution is 0.423. The van der Waals surface area contributed by atoms with Crippen LogP contribution in [0.3, 0.4) is 0 Å². The molecule has 1 N–H and O–H groups in total. The number of halogens is 1. The number of rotatable bonds is 3. The molecule has 0 aliphatic rings. The average Bonchev–Trinajstić information content (AvgIpc) is 3.09. The molecule has 0 aliphatic heterocycles. The highest BCUT2D eigenvalue weighted by atomic mass is 19.1. The van der Waals surface area contributed by atoms with Crippen LogP contribution in [-0.4, -0.2) is 20.1 Å². The van der Waals surface area contributed by atoms with Gasteiger partial charge in [-0.05, 0) is 24.3 Å². The Kier molecular flexibility index (Phi) is 3.61. The van der Waals surface area contributed by atoms with E-state index in [1.807, 2.05) is 6.92 Å². The Morgan fingerprint density at radius 1 is 1.24 bits per heavy atom. The molecular formula is C18H13FN4O2. The van der Waals surface area contributed by atoms with Gasteiger partial charge in [-0.3, -0.25) is 9.78 Å². The number of benzene rings is 1. The second kappa shape index (κ2) is 5.94. The van der Waals surface area contributed by atoms with Crippen LogP contribution in [0.15, 0.2) is 51.9 Å². The van der Waals surface area contributed by atoms with Crippen LogP contribution < -0.4 is 5.56 Å². The van der Waals surface area contributed by atoms with Crippen LogP contribution >= 0.6 is 0 Å². The summed E-state index contributed by atoms with van der Waals surface area (Å²) in [6, 6.07) is 9.48. The average molecular weight is 336 g/mol. The van der Waals surface area contributed by atoms with Crippen LogP contribution in [0.5, 0.6) is 0 Å². The van der Waals surface area contributed by atoms with Gasteiger partial charge in [0.2, 0.25) is 0 Å². The van der Waals surface area contributed by atoms with Gasteiger partial charge in [-0.2, -0.15) is 4.98 Å². The molecule has 124 valence electrons. The minimum absolute atomic E-state index is 0.147. The Balaban J connectivity index is 1.97. The van der Waals surface area contributed by atoms with Crippen LogP contribution in [-0.2, 0) is 6.42 Å².